The van der Waals surface area contributed by atoms with Gasteiger partial charge < -0.3 is 14.8 Å². The molecule has 0 aromatic heterocycles. The average Bonchev–Trinajstić information content (AvgIpc) is 2.56. The molecule has 1 atom stereocenters. The zero-order chi connectivity index (χ0) is 13.3. The highest BCUT2D eigenvalue weighted by molar-refractivity contribution is 4.86. The van der Waals surface area contributed by atoms with Gasteiger partial charge in [0.25, 0.3) is 0 Å². The first-order valence-corrected chi connectivity index (χ1v) is 7.60. The Morgan fingerprint density at radius 3 is 2.39 bits per heavy atom. The molecule has 1 saturated carbocycles. The molecule has 0 heterocycles. The summed E-state index contributed by atoms with van der Waals surface area (Å²) in [6, 6.07) is 0. The van der Waals surface area contributed by atoms with E-state index in [0.29, 0.717) is 6.61 Å². The standard InChI is InChI=1S/C15H31NO2/c1-4-11-16-13-15(18-14(2)12-17-3)9-7-5-6-8-10-15/h14,16H,4-13H2,1-3H3. The first-order chi connectivity index (χ1) is 8.72. The number of methoxy groups -OCH3 is 1. The van der Waals surface area contributed by atoms with Crippen LogP contribution < -0.4 is 5.32 Å². The van der Waals surface area contributed by atoms with Crippen LogP contribution in [0, 0.1) is 0 Å². The number of hydrogen-bond acceptors (Lipinski definition) is 3. The van der Waals surface area contributed by atoms with Crippen LogP contribution >= 0.6 is 0 Å². The summed E-state index contributed by atoms with van der Waals surface area (Å²) in [5, 5.41) is 3.56. The lowest BCUT2D eigenvalue weighted by molar-refractivity contribution is -0.113. The summed E-state index contributed by atoms with van der Waals surface area (Å²) in [4.78, 5) is 0. The molecule has 1 unspecified atom stereocenters. The number of hydrogen-bond donors (Lipinski definition) is 1. The Bertz CT molecular complexity index is 201. The second-order valence-electron chi connectivity index (χ2n) is 5.66. The van der Waals surface area contributed by atoms with E-state index in [-0.39, 0.29) is 11.7 Å². The van der Waals surface area contributed by atoms with Crippen LogP contribution in [0.2, 0.25) is 0 Å². The van der Waals surface area contributed by atoms with Gasteiger partial charge in [-0.1, -0.05) is 32.6 Å². The molecule has 3 nitrogen and oxygen atoms in total. The second-order valence-corrected chi connectivity index (χ2v) is 5.66. The van der Waals surface area contributed by atoms with Gasteiger partial charge in [0.05, 0.1) is 18.3 Å². The van der Waals surface area contributed by atoms with Gasteiger partial charge in [0, 0.05) is 13.7 Å². The summed E-state index contributed by atoms with van der Waals surface area (Å²) in [6.07, 6.45) is 9.08. The van der Waals surface area contributed by atoms with Crippen LogP contribution in [-0.4, -0.2) is 38.5 Å². The van der Waals surface area contributed by atoms with E-state index in [1.807, 2.05) is 0 Å². The molecule has 1 aliphatic carbocycles. The molecule has 0 amide bonds. The zero-order valence-corrected chi connectivity index (χ0v) is 12.5. The Hall–Kier alpha value is -0.120. The Kier molecular flexibility index (Phi) is 7.87. The lowest BCUT2D eigenvalue weighted by Gasteiger charge is -2.36. The van der Waals surface area contributed by atoms with Gasteiger partial charge in [-0.15, -0.1) is 0 Å². The van der Waals surface area contributed by atoms with E-state index < -0.39 is 0 Å². The monoisotopic (exact) mass is 257 g/mol. The van der Waals surface area contributed by atoms with Crippen LogP contribution in [0.4, 0.5) is 0 Å². The SMILES string of the molecule is CCCNCC1(OC(C)COC)CCCCCC1. The topological polar surface area (TPSA) is 30.5 Å². The predicted molar refractivity (Wildman–Crippen MR) is 76.0 cm³/mol. The van der Waals surface area contributed by atoms with E-state index in [1.165, 1.54) is 44.9 Å². The summed E-state index contributed by atoms with van der Waals surface area (Å²) in [5.74, 6) is 0. The summed E-state index contributed by atoms with van der Waals surface area (Å²) in [7, 11) is 1.74. The molecule has 0 aromatic rings. The van der Waals surface area contributed by atoms with Crippen molar-refractivity contribution in [2.45, 2.75) is 70.5 Å². The van der Waals surface area contributed by atoms with Gasteiger partial charge in [-0.2, -0.15) is 0 Å². The van der Waals surface area contributed by atoms with Crippen molar-refractivity contribution in [3.05, 3.63) is 0 Å². The van der Waals surface area contributed by atoms with Crippen LogP contribution in [0.25, 0.3) is 0 Å². The van der Waals surface area contributed by atoms with Crippen molar-refractivity contribution in [3.63, 3.8) is 0 Å². The Balaban J connectivity index is 2.53. The average molecular weight is 257 g/mol. The quantitative estimate of drug-likeness (QED) is 0.535. The molecule has 3 heteroatoms. The lowest BCUT2D eigenvalue weighted by atomic mass is 9.93. The highest BCUT2D eigenvalue weighted by Gasteiger charge is 2.33. The van der Waals surface area contributed by atoms with E-state index in [0.717, 1.165) is 13.1 Å². The van der Waals surface area contributed by atoms with Crippen LogP contribution in [0.3, 0.4) is 0 Å². The van der Waals surface area contributed by atoms with Crippen molar-refractivity contribution >= 4 is 0 Å². The van der Waals surface area contributed by atoms with Crippen molar-refractivity contribution in [2.24, 2.45) is 0 Å². The molecule has 0 saturated heterocycles. The van der Waals surface area contributed by atoms with Crippen molar-refractivity contribution < 1.29 is 9.47 Å². The van der Waals surface area contributed by atoms with E-state index in [1.54, 1.807) is 7.11 Å². The Morgan fingerprint density at radius 2 is 1.83 bits per heavy atom. The zero-order valence-electron chi connectivity index (χ0n) is 12.5. The smallest absolute Gasteiger partial charge is 0.0811 e. The largest absolute Gasteiger partial charge is 0.382 e. The number of nitrogens with one attached hydrogen (secondary N) is 1. The van der Waals surface area contributed by atoms with Gasteiger partial charge in [-0.05, 0) is 32.7 Å². The van der Waals surface area contributed by atoms with Gasteiger partial charge in [0.2, 0.25) is 0 Å². The summed E-state index contributed by atoms with van der Waals surface area (Å²) >= 11 is 0. The van der Waals surface area contributed by atoms with Crippen LogP contribution in [0.5, 0.6) is 0 Å². The highest BCUT2D eigenvalue weighted by Crippen LogP contribution is 2.31. The molecule has 0 spiro atoms. The summed E-state index contributed by atoms with van der Waals surface area (Å²) < 4.78 is 11.6. The van der Waals surface area contributed by atoms with Gasteiger partial charge in [-0.3, -0.25) is 0 Å². The molecule has 108 valence electrons. The van der Waals surface area contributed by atoms with Gasteiger partial charge >= 0.3 is 0 Å². The van der Waals surface area contributed by atoms with Crippen molar-refractivity contribution in [2.75, 3.05) is 26.8 Å². The maximum Gasteiger partial charge on any atom is 0.0811 e. The van der Waals surface area contributed by atoms with Crippen LogP contribution in [0.15, 0.2) is 0 Å². The van der Waals surface area contributed by atoms with Crippen molar-refractivity contribution in [1.82, 2.24) is 5.32 Å². The minimum Gasteiger partial charge on any atom is -0.382 e. The maximum absolute atomic E-state index is 6.36. The van der Waals surface area contributed by atoms with Crippen molar-refractivity contribution in [1.29, 1.82) is 0 Å². The molecule has 1 fully saturated rings. The fourth-order valence-corrected chi connectivity index (χ4v) is 2.90. The van der Waals surface area contributed by atoms with E-state index >= 15 is 0 Å². The molecule has 1 rings (SSSR count). The number of ether oxygens (including phenoxy) is 2. The molecule has 0 radical (unpaired) electrons. The second kappa shape index (κ2) is 8.89. The Labute approximate surface area is 113 Å². The molecular weight excluding hydrogens is 226 g/mol. The van der Waals surface area contributed by atoms with Crippen LogP contribution in [-0.2, 0) is 9.47 Å². The molecule has 0 aliphatic heterocycles. The minimum absolute atomic E-state index is 0.0453. The number of rotatable bonds is 8. The van der Waals surface area contributed by atoms with E-state index in [9.17, 15) is 0 Å². The molecule has 18 heavy (non-hydrogen) atoms. The van der Waals surface area contributed by atoms with Gasteiger partial charge in [-0.25, -0.2) is 0 Å². The minimum atomic E-state index is 0.0453. The Morgan fingerprint density at radius 1 is 1.17 bits per heavy atom. The molecule has 0 aromatic carbocycles. The van der Waals surface area contributed by atoms with Crippen LogP contribution in [0.1, 0.15) is 58.8 Å². The molecule has 1 aliphatic rings. The highest BCUT2D eigenvalue weighted by atomic mass is 16.5. The third kappa shape index (κ3) is 5.68. The third-order valence-electron chi connectivity index (χ3n) is 3.74. The molecular formula is C15H31NO2. The van der Waals surface area contributed by atoms with Gasteiger partial charge in [0.15, 0.2) is 0 Å². The third-order valence-corrected chi connectivity index (χ3v) is 3.74. The normalized spacial score (nSPS) is 21.5. The first-order valence-electron chi connectivity index (χ1n) is 7.60. The fourth-order valence-electron chi connectivity index (χ4n) is 2.90. The predicted octanol–water partition coefficient (Wildman–Crippen LogP) is 3.13. The maximum atomic E-state index is 6.36. The van der Waals surface area contributed by atoms with E-state index in [2.05, 4.69) is 19.2 Å². The molecule has 0 bridgehead atoms. The lowest BCUT2D eigenvalue weighted by Crippen LogP contribution is -2.45. The summed E-state index contributed by atoms with van der Waals surface area (Å²) in [6.45, 7) is 7.10. The van der Waals surface area contributed by atoms with Gasteiger partial charge in [0.1, 0.15) is 0 Å². The van der Waals surface area contributed by atoms with E-state index in [4.69, 9.17) is 9.47 Å². The molecule has 1 N–H and O–H groups in total. The summed E-state index contributed by atoms with van der Waals surface area (Å²) in [5.41, 5.74) is 0.0453. The fraction of sp³-hybridized carbons (Fsp3) is 1.00. The first kappa shape index (κ1) is 15.9. The van der Waals surface area contributed by atoms with Crippen molar-refractivity contribution in [3.8, 4) is 0 Å².